The minimum atomic E-state index is -0.989. The van der Waals surface area contributed by atoms with Crippen molar-refractivity contribution in [2.24, 2.45) is 0 Å². The van der Waals surface area contributed by atoms with Crippen LogP contribution < -0.4 is 0 Å². The maximum absolute atomic E-state index is 10.8. The fourth-order valence-electron chi connectivity index (χ4n) is 1.93. The van der Waals surface area contributed by atoms with E-state index in [2.05, 4.69) is 22.3 Å². The van der Waals surface area contributed by atoms with Crippen molar-refractivity contribution in [3.63, 3.8) is 0 Å². The van der Waals surface area contributed by atoms with Crippen molar-refractivity contribution in [2.45, 2.75) is 5.92 Å². The average Bonchev–Trinajstić information content (AvgIpc) is 2.77. The van der Waals surface area contributed by atoms with Crippen molar-refractivity contribution in [1.29, 1.82) is 0 Å². The van der Waals surface area contributed by atoms with E-state index >= 15 is 0 Å². The van der Waals surface area contributed by atoms with Gasteiger partial charge in [-0.25, -0.2) is 4.79 Å². The van der Waals surface area contributed by atoms with Gasteiger partial charge >= 0.3 is 5.97 Å². The summed E-state index contributed by atoms with van der Waals surface area (Å²) in [7, 11) is 0. The van der Waals surface area contributed by atoms with Gasteiger partial charge in [0.2, 0.25) is 0 Å². The second-order valence-electron chi connectivity index (χ2n) is 4.33. The van der Waals surface area contributed by atoms with Gasteiger partial charge in [-0.2, -0.15) is 16.9 Å². The molecule has 0 atom stereocenters. The Hall–Kier alpha value is -1.75. The summed E-state index contributed by atoms with van der Waals surface area (Å²) in [5.74, 6) is 2.09. The lowest BCUT2D eigenvalue weighted by Crippen LogP contribution is -2.15. The number of aromatic nitrogens is 2. The smallest absolute Gasteiger partial charge is 0.353 e. The van der Waals surface area contributed by atoms with Crippen LogP contribution in [0.1, 0.15) is 22.0 Å². The molecule has 4 nitrogen and oxygen atoms in total. The molecule has 1 aliphatic rings. The maximum Gasteiger partial charge on any atom is 0.353 e. The maximum atomic E-state index is 10.8. The third-order valence-electron chi connectivity index (χ3n) is 3.12. The first-order valence-electron chi connectivity index (χ1n) is 5.71. The highest BCUT2D eigenvalue weighted by molar-refractivity contribution is 8.00. The summed E-state index contributed by atoms with van der Waals surface area (Å²) in [6.07, 6.45) is 0. The average molecular weight is 260 g/mol. The fourth-order valence-corrected chi connectivity index (χ4v) is 2.79. The lowest BCUT2D eigenvalue weighted by Gasteiger charge is -2.25. The molecule has 0 unspecified atom stereocenters. The van der Waals surface area contributed by atoms with Crippen molar-refractivity contribution in [3.8, 4) is 11.3 Å². The molecular formula is C13H12N2O2S. The zero-order valence-corrected chi connectivity index (χ0v) is 10.4. The molecule has 0 spiro atoms. The number of H-pyrrole nitrogens is 1. The predicted molar refractivity (Wildman–Crippen MR) is 71.0 cm³/mol. The normalized spacial score (nSPS) is 15.3. The SMILES string of the molecule is O=C(O)c1cc(-c2ccc(C3CSC3)cc2)n[nH]1. The molecule has 1 aromatic heterocycles. The van der Waals surface area contributed by atoms with Crippen LogP contribution in [-0.2, 0) is 0 Å². The number of aromatic amines is 1. The molecule has 1 saturated heterocycles. The number of carboxylic acid groups (broad SMARTS) is 1. The molecule has 2 aromatic rings. The molecule has 2 N–H and O–H groups in total. The molecule has 2 heterocycles. The van der Waals surface area contributed by atoms with E-state index in [1.807, 2.05) is 23.9 Å². The second-order valence-corrected chi connectivity index (χ2v) is 5.40. The van der Waals surface area contributed by atoms with E-state index in [0.29, 0.717) is 11.6 Å². The third-order valence-corrected chi connectivity index (χ3v) is 4.40. The van der Waals surface area contributed by atoms with E-state index in [0.717, 1.165) is 5.56 Å². The Morgan fingerprint density at radius 3 is 2.56 bits per heavy atom. The van der Waals surface area contributed by atoms with Gasteiger partial charge in [0.15, 0.2) is 0 Å². The van der Waals surface area contributed by atoms with E-state index in [-0.39, 0.29) is 5.69 Å². The van der Waals surface area contributed by atoms with Gasteiger partial charge in [-0.1, -0.05) is 24.3 Å². The number of rotatable bonds is 3. The minimum absolute atomic E-state index is 0.115. The van der Waals surface area contributed by atoms with E-state index in [1.165, 1.54) is 17.1 Å². The Labute approximate surface area is 108 Å². The van der Waals surface area contributed by atoms with Gasteiger partial charge in [0.1, 0.15) is 5.69 Å². The van der Waals surface area contributed by atoms with Gasteiger partial charge in [0.05, 0.1) is 5.69 Å². The summed E-state index contributed by atoms with van der Waals surface area (Å²) in [5.41, 5.74) is 3.08. The Morgan fingerprint density at radius 1 is 1.33 bits per heavy atom. The number of nitrogens with one attached hydrogen (secondary N) is 1. The zero-order valence-electron chi connectivity index (χ0n) is 9.59. The molecule has 0 saturated carbocycles. The van der Waals surface area contributed by atoms with Gasteiger partial charge in [-0.15, -0.1) is 0 Å². The quantitative estimate of drug-likeness (QED) is 0.890. The van der Waals surface area contributed by atoms with Crippen LogP contribution in [0.25, 0.3) is 11.3 Å². The molecule has 92 valence electrons. The number of hydrogen-bond acceptors (Lipinski definition) is 3. The molecule has 3 rings (SSSR count). The lowest BCUT2D eigenvalue weighted by molar-refractivity contribution is 0.0690. The highest BCUT2D eigenvalue weighted by Crippen LogP contribution is 2.34. The van der Waals surface area contributed by atoms with Crippen LogP contribution in [0.4, 0.5) is 0 Å². The first-order valence-corrected chi connectivity index (χ1v) is 6.86. The number of carboxylic acids is 1. The predicted octanol–water partition coefficient (Wildman–Crippen LogP) is 2.61. The number of aromatic carboxylic acids is 1. The van der Waals surface area contributed by atoms with Crippen molar-refractivity contribution >= 4 is 17.7 Å². The molecule has 0 bridgehead atoms. The molecule has 0 radical (unpaired) electrons. The van der Waals surface area contributed by atoms with Gasteiger partial charge in [-0.05, 0) is 11.6 Å². The van der Waals surface area contributed by atoms with Gasteiger partial charge < -0.3 is 5.11 Å². The highest BCUT2D eigenvalue weighted by Gasteiger charge is 2.20. The van der Waals surface area contributed by atoms with Gasteiger partial charge in [-0.3, -0.25) is 5.10 Å². The molecule has 1 aliphatic heterocycles. The van der Waals surface area contributed by atoms with Crippen molar-refractivity contribution in [2.75, 3.05) is 11.5 Å². The number of carbonyl (C=O) groups is 1. The summed E-state index contributed by atoms with van der Waals surface area (Å²) in [5, 5.41) is 15.3. The number of nitrogens with zero attached hydrogens (tertiary/aromatic N) is 1. The van der Waals surface area contributed by atoms with E-state index in [4.69, 9.17) is 5.11 Å². The molecule has 0 aliphatic carbocycles. The van der Waals surface area contributed by atoms with Gasteiger partial charge in [0, 0.05) is 23.0 Å². The first kappa shape index (κ1) is 11.3. The van der Waals surface area contributed by atoms with E-state index in [1.54, 1.807) is 6.07 Å². The molecule has 1 aromatic carbocycles. The Balaban J connectivity index is 1.84. The lowest BCUT2D eigenvalue weighted by atomic mass is 10.00. The highest BCUT2D eigenvalue weighted by atomic mass is 32.2. The van der Waals surface area contributed by atoms with Gasteiger partial charge in [0.25, 0.3) is 0 Å². The van der Waals surface area contributed by atoms with Crippen LogP contribution in [0.5, 0.6) is 0 Å². The van der Waals surface area contributed by atoms with Crippen LogP contribution in [0.15, 0.2) is 30.3 Å². The Kier molecular flexibility index (Phi) is 2.83. The second kappa shape index (κ2) is 4.49. The van der Waals surface area contributed by atoms with E-state index in [9.17, 15) is 4.79 Å². The van der Waals surface area contributed by atoms with Crippen LogP contribution in [0, 0.1) is 0 Å². The fraction of sp³-hybridized carbons (Fsp3) is 0.231. The summed E-state index contributed by atoms with van der Waals surface area (Å²) >= 11 is 1.96. The summed E-state index contributed by atoms with van der Waals surface area (Å²) in [4.78, 5) is 10.8. The molecular weight excluding hydrogens is 248 g/mol. The minimum Gasteiger partial charge on any atom is -0.477 e. The largest absolute Gasteiger partial charge is 0.477 e. The van der Waals surface area contributed by atoms with Crippen LogP contribution in [0.3, 0.4) is 0 Å². The molecule has 1 fully saturated rings. The molecule has 5 heteroatoms. The van der Waals surface area contributed by atoms with Crippen LogP contribution >= 0.6 is 11.8 Å². The molecule has 0 amide bonds. The van der Waals surface area contributed by atoms with Crippen LogP contribution in [-0.4, -0.2) is 32.8 Å². The molecule has 18 heavy (non-hydrogen) atoms. The monoisotopic (exact) mass is 260 g/mol. The van der Waals surface area contributed by atoms with E-state index < -0.39 is 5.97 Å². The summed E-state index contributed by atoms with van der Waals surface area (Å²) < 4.78 is 0. The number of benzene rings is 1. The summed E-state index contributed by atoms with van der Waals surface area (Å²) in [6.45, 7) is 0. The number of thioether (sulfide) groups is 1. The van der Waals surface area contributed by atoms with Crippen molar-refractivity contribution in [3.05, 3.63) is 41.6 Å². The number of hydrogen-bond donors (Lipinski definition) is 2. The zero-order chi connectivity index (χ0) is 12.5. The van der Waals surface area contributed by atoms with Crippen molar-refractivity contribution in [1.82, 2.24) is 10.2 Å². The van der Waals surface area contributed by atoms with Crippen molar-refractivity contribution < 1.29 is 9.90 Å². The Morgan fingerprint density at radius 2 is 2.06 bits per heavy atom. The Bertz CT molecular complexity index is 573. The van der Waals surface area contributed by atoms with Crippen LogP contribution in [0.2, 0.25) is 0 Å². The summed E-state index contributed by atoms with van der Waals surface area (Å²) in [6, 6.07) is 9.76. The standard InChI is InChI=1S/C13H12N2O2S/c16-13(17)12-5-11(14-15-12)9-3-1-8(2-4-9)10-6-18-7-10/h1-5,10H,6-7H2,(H,14,15)(H,16,17). The third kappa shape index (κ3) is 2.01. The first-order chi connectivity index (χ1) is 8.74. The topological polar surface area (TPSA) is 66.0 Å².